The number of alkyl halides is 10. The Kier molecular flexibility index (Phi) is 7.62. The Balaban J connectivity index is 0. The minimum atomic E-state index is -6.71. The molecular weight excluding hydrogens is 325 g/mol. The van der Waals surface area contributed by atoms with Crippen LogP contribution in [-0.4, -0.2) is 43.0 Å². The van der Waals surface area contributed by atoms with Crippen LogP contribution in [0.1, 0.15) is 6.92 Å². The first-order valence-electron chi connectivity index (χ1n) is 4.71. The third-order valence-electron chi connectivity index (χ3n) is 2.02. The van der Waals surface area contributed by atoms with E-state index in [4.69, 9.17) is 0 Å². The first kappa shape index (κ1) is 23.1. The Morgan fingerprint density at radius 2 is 1.10 bits per heavy atom. The van der Waals surface area contributed by atoms with Crippen LogP contribution in [0.2, 0.25) is 0 Å². The molecule has 1 unspecified atom stereocenters. The van der Waals surface area contributed by atoms with Gasteiger partial charge in [-0.3, -0.25) is 0 Å². The number of halogens is 10. The molecule has 0 aromatic rings. The van der Waals surface area contributed by atoms with E-state index in [-0.39, 0.29) is 18.9 Å². The van der Waals surface area contributed by atoms with Gasteiger partial charge in [-0.25, -0.2) is 0 Å². The molecule has 0 aliphatic heterocycles. The first-order chi connectivity index (χ1) is 8.59. The molecule has 0 amide bonds. The number of hydrogen-bond acceptors (Lipinski definition) is 2. The van der Waals surface area contributed by atoms with Crippen molar-refractivity contribution in [3.63, 3.8) is 0 Å². The van der Waals surface area contributed by atoms with Gasteiger partial charge < -0.3 is 9.84 Å². The summed E-state index contributed by atoms with van der Waals surface area (Å²) < 4.78 is 126. The van der Waals surface area contributed by atoms with E-state index >= 15 is 0 Å². The second-order valence-electron chi connectivity index (χ2n) is 3.73. The second-order valence-corrected chi connectivity index (χ2v) is 3.73. The van der Waals surface area contributed by atoms with E-state index in [9.17, 15) is 49.0 Å². The van der Waals surface area contributed by atoms with E-state index < -0.39 is 43.0 Å². The first-order valence-corrected chi connectivity index (χ1v) is 4.71. The van der Waals surface area contributed by atoms with Gasteiger partial charge in [-0.15, -0.1) is 6.61 Å². The van der Waals surface area contributed by atoms with Crippen molar-refractivity contribution in [3.8, 4) is 0 Å². The molecule has 0 spiro atoms. The summed E-state index contributed by atoms with van der Waals surface area (Å²) in [4.78, 5) is 0. The van der Waals surface area contributed by atoms with Crippen LogP contribution in [0.3, 0.4) is 0 Å². The second kappa shape index (κ2) is 6.93. The molecule has 0 aromatic carbocycles. The number of ether oxygens (including phenoxy) is 1. The van der Waals surface area contributed by atoms with E-state index in [1.807, 2.05) is 0 Å². The van der Waals surface area contributed by atoms with Crippen LogP contribution in [-0.2, 0) is 4.74 Å². The van der Waals surface area contributed by atoms with E-state index in [1.165, 1.54) is 0 Å². The van der Waals surface area contributed by atoms with E-state index in [2.05, 4.69) is 4.74 Å². The maximum Gasteiger partial charge on any atom is 1.00 e. The number of hydrogen-bond donors (Lipinski definition) is 0. The van der Waals surface area contributed by atoms with Gasteiger partial charge in [-0.05, 0) is 6.92 Å². The summed E-state index contributed by atoms with van der Waals surface area (Å²) in [6, 6.07) is 0. The van der Waals surface area contributed by atoms with Crippen LogP contribution >= 0.6 is 0 Å². The summed E-state index contributed by atoms with van der Waals surface area (Å²) >= 11 is 0. The fourth-order valence-corrected chi connectivity index (χ4v) is 0.967. The van der Waals surface area contributed by atoms with Crippen molar-refractivity contribution in [1.82, 2.24) is 0 Å². The molecule has 0 aromatic heterocycles. The van der Waals surface area contributed by atoms with E-state index in [0.29, 0.717) is 6.92 Å². The van der Waals surface area contributed by atoms with Crippen molar-refractivity contribution < 1.29 is 72.6 Å². The maximum atomic E-state index is 12.8. The average molecular weight is 332 g/mol. The summed E-state index contributed by atoms with van der Waals surface area (Å²) in [5, 5.41) is 10.1. The molecule has 2 nitrogen and oxygen atoms in total. The zero-order valence-electron chi connectivity index (χ0n) is 10.5. The predicted molar refractivity (Wildman–Crippen MR) is 41.2 cm³/mol. The smallest absolute Gasteiger partial charge is 0.853 e. The molecule has 0 rings (SSSR count). The minimum Gasteiger partial charge on any atom is -0.853 e. The van der Waals surface area contributed by atoms with Crippen molar-refractivity contribution in [2.45, 2.75) is 43.3 Å². The quantitative estimate of drug-likeness (QED) is 0.503. The number of rotatable bonds is 5. The zero-order chi connectivity index (χ0) is 16.6. The zero-order valence-corrected chi connectivity index (χ0v) is 10.5. The molecule has 21 heavy (non-hydrogen) atoms. The maximum absolute atomic E-state index is 12.8. The molecule has 0 fully saturated rings. The van der Waals surface area contributed by atoms with Gasteiger partial charge >= 0.3 is 43.1 Å². The van der Waals surface area contributed by atoms with Crippen LogP contribution in [0.4, 0.5) is 43.9 Å². The Bertz CT molecular complexity index is 300. The Labute approximate surface area is 123 Å². The van der Waals surface area contributed by atoms with Crippen molar-refractivity contribution in [3.05, 3.63) is 0 Å². The van der Waals surface area contributed by atoms with Crippen LogP contribution in [0.15, 0.2) is 0 Å². The molecule has 13 heteroatoms. The standard InChI is InChI=1S/C8H7F10O2.Li/c1-3(2-19)20-4(5(9,10)7(13,14)15)6(11,12)8(16,17)18;/h3-4H,2H2,1H3;/q-1;+1. The largest absolute Gasteiger partial charge is 1.00 e. The Morgan fingerprint density at radius 1 is 0.810 bits per heavy atom. The monoisotopic (exact) mass is 332 g/mol. The SMILES string of the molecule is CC(C[O-])OC(C(F)(F)C(F)(F)F)C(F)(F)C(F)(F)F.[Li+]. The topological polar surface area (TPSA) is 32.3 Å². The summed E-state index contributed by atoms with van der Waals surface area (Å²) in [5.41, 5.74) is 0. The molecule has 0 heterocycles. The van der Waals surface area contributed by atoms with Crippen molar-refractivity contribution in [1.29, 1.82) is 0 Å². The molecule has 0 aliphatic carbocycles. The van der Waals surface area contributed by atoms with Gasteiger partial charge in [-0.2, -0.15) is 43.9 Å². The third-order valence-corrected chi connectivity index (χ3v) is 2.02. The van der Waals surface area contributed by atoms with Crippen LogP contribution in [0.5, 0.6) is 0 Å². The van der Waals surface area contributed by atoms with Crippen molar-refractivity contribution in [2.75, 3.05) is 6.61 Å². The molecule has 1 atom stereocenters. The predicted octanol–water partition coefficient (Wildman–Crippen LogP) is -0.480. The fourth-order valence-electron chi connectivity index (χ4n) is 0.967. The summed E-state index contributed by atoms with van der Waals surface area (Å²) in [7, 11) is 0. The fraction of sp³-hybridized carbons (Fsp3) is 1.00. The summed E-state index contributed by atoms with van der Waals surface area (Å²) in [6.45, 7) is -1.10. The van der Waals surface area contributed by atoms with Crippen LogP contribution in [0, 0.1) is 0 Å². The summed E-state index contributed by atoms with van der Waals surface area (Å²) in [5.74, 6) is -13.0. The Morgan fingerprint density at radius 3 is 1.29 bits per heavy atom. The van der Waals surface area contributed by atoms with Crippen LogP contribution in [0.25, 0.3) is 0 Å². The van der Waals surface area contributed by atoms with Gasteiger partial charge in [-0.1, -0.05) is 0 Å². The Hall–Kier alpha value is -0.183. The molecule has 0 aliphatic rings. The molecule has 0 saturated carbocycles. The van der Waals surface area contributed by atoms with Gasteiger partial charge in [0.2, 0.25) is 6.10 Å². The molecule has 122 valence electrons. The van der Waals surface area contributed by atoms with E-state index in [1.54, 1.807) is 0 Å². The van der Waals surface area contributed by atoms with Crippen LogP contribution < -0.4 is 24.0 Å². The molecular formula is C8H7F10LiO2. The molecule has 0 saturated heterocycles. The molecule has 0 bridgehead atoms. The third kappa shape index (κ3) is 4.90. The van der Waals surface area contributed by atoms with Crippen molar-refractivity contribution in [2.24, 2.45) is 0 Å². The molecule has 0 radical (unpaired) electrons. The van der Waals surface area contributed by atoms with Gasteiger partial charge in [0.25, 0.3) is 0 Å². The minimum absolute atomic E-state index is 0. The van der Waals surface area contributed by atoms with E-state index in [0.717, 1.165) is 0 Å². The van der Waals surface area contributed by atoms with Gasteiger partial charge in [0.1, 0.15) is 0 Å². The van der Waals surface area contributed by atoms with Gasteiger partial charge in [0.15, 0.2) is 0 Å². The van der Waals surface area contributed by atoms with Gasteiger partial charge in [0.05, 0.1) is 0 Å². The summed E-state index contributed by atoms with van der Waals surface area (Å²) in [6.07, 6.45) is -20.5. The normalized spacial score (nSPS) is 15.9. The molecule has 0 N–H and O–H groups in total. The van der Waals surface area contributed by atoms with Gasteiger partial charge in [0, 0.05) is 6.10 Å². The average Bonchev–Trinajstić information content (AvgIpc) is 2.21. The van der Waals surface area contributed by atoms with Crippen molar-refractivity contribution >= 4 is 0 Å².